The number of nitrogens with zero attached hydrogens (tertiary/aromatic N) is 4. The lowest BCUT2D eigenvalue weighted by molar-refractivity contribution is 0.0685. The Hall–Kier alpha value is -3.87. The lowest BCUT2D eigenvalue weighted by Crippen LogP contribution is -2.62. The quantitative estimate of drug-likeness (QED) is 0.603. The lowest BCUT2D eigenvalue weighted by Gasteiger charge is -2.49. The van der Waals surface area contributed by atoms with Crippen molar-refractivity contribution in [1.82, 2.24) is 14.6 Å². The molecule has 3 aromatic rings. The van der Waals surface area contributed by atoms with Gasteiger partial charge in [0.15, 0.2) is 11.4 Å². The summed E-state index contributed by atoms with van der Waals surface area (Å²) < 4.78 is 1.63. The van der Waals surface area contributed by atoms with Gasteiger partial charge < -0.3 is 10.0 Å². The number of carbonyl (C=O) groups excluding carboxylic acids is 1. The fourth-order valence-corrected chi connectivity index (χ4v) is 4.69. The van der Waals surface area contributed by atoms with Crippen molar-refractivity contribution in [1.29, 1.82) is 0 Å². The van der Waals surface area contributed by atoms with Crippen molar-refractivity contribution in [2.45, 2.75) is 25.3 Å². The van der Waals surface area contributed by atoms with Gasteiger partial charge in [-0.25, -0.2) is 0 Å². The summed E-state index contributed by atoms with van der Waals surface area (Å²) in [6, 6.07) is 15.3. The van der Waals surface area contributed by atoms with Gasteiger partial charge in [0.25, 0.3) is 5.91 Å². The summed E-state index contributed by atoms with van der Waals surface area (Å²) in [5.74, 6) is -0.907. The van der Waals surface area contributed by atoms with Crippen molar-refractivity contribution in [3.05, 3.63) is 106 Å². The normalized spacial score (nSPS) is 21.3. The molecule has 1 atom stereocenters. The topological polar surface area (TPSA) is 78.7 Å². The van der Waals surface area contributed by atoms with Crippen LogP contribution in [0.4, 0.5) is 0 Å². The maximum atomic E-state index is 13.3. The van der Waals surface area contributed by atoms with Crippen LogP contribution in [0, 0.1) is 0 Å². The Kier molecular flexibility index (Phi) is 4.81. The highest BCUT2D eigenvalue weighted by Crippen LogP contribution is 2.39. The van der Waals surface area contributed by atoms with Gasteiger partial charge in [0.1, 0.15) is 12.2 Å². The largest absolute Gasteiger partial charge is 0.502 e. The molecule has 0 saturated heterocycles. The number of amides is 1. The number of aromatic hydroxyl groups is 1. The van der Waals surface area contributed by atoms with E-state index in [1.165, 1.54) is 6.07 Å². The first-order valence-corrected chi connectivity index (χ1v) is 10.7. The molecular weight excluding hydrogens is 404 g/mol. The molecule has 0 fully saturated rings. The number of benzene rings is 1. The van der Waals surface area contributed by atoms with Crippen LogP contribution in [0.5, 0.6) is 5.75 Å². The van der Waals surface area contributed by atoms with Crippen LogP contribution < -0.4 is 10.4 Å². The summed E-state index contributed by atoms with van der Waals surface area (Å²) >= 11 is 0. The second-order valence-corrected chi connectivity index (χ2v) is 8.24. The molecule has 0 spiro atoms. The van der Waals surface area contributed by atoms with E-state index in [4.69, 9.17) is 4.98 Å². The SMILES string of the molecule is C[C@@]1(c2ccccc2)c2cccnc2CC/C=C\CN2CN1n1ccc(=O)c(O)c1C2=O. The molecule has 7 heteroatoms. The van der Waals surface area contributed by atoms with Crippen LogP contribution in [0.3, 0.4) is 0 Å². The van der Waals surface area contributed by atoms with Gasteiger partial charge in [-0.2, -0.15) is 0 Å². The molecule has 1 aromatic carbocycles. The van der Waals surface area contributed by atoms with Crippen molar-refractivity contribution in [2.24, 2.45) is 0 Å². The number of hydrogen-bond acceptors (Lipinski definition) is 5. The maximum absolute atomic E-state index is 13.3. The maximum Gasteiger partial charge on any atom is 0.278 e. The van der Waals surface area contributed by atoms with Gasteiger partial charge in [-0.3, -0.25) is 24.3 Å². The van der Waals surface area contributed by atoms with Gasteiger partial charge in [-0.1, -0.05) is 48.6 Å². The highest BCUT2D eigenvalue weighted by atomic mass is 16.3. The standard InChI is InChI=1S/C25H24N4O3/c1-25(18-9-4-2-5-10-18)19-11-8-14-26-20(19)12-6-3-7-15-27-17-29(25)28-16-13-21(30)23(31)22(28)24(27)32/h2-5,7-11,13-14,16,31H,6,12,15,17H2,1H3/b7-3-/t25-/m1/s1. The van der Waals surface area contributed by atoms with Crippen molar-refractivity contribution in [3.63, 3.8) is 0 Å². The Labute approximate surface area is 185 Å². The fraction of sp³-hybridized carbons (Fsp3) is 0.240. The zero-order valence-corrected chi connectivity index (χ0v) is 17.8. The Morgan fingerprint density at radius 2 is 1.84 bits per heavy atom. The second-order valence-electron chi connectivity index (χ2n) is 8.24. The number of aromatic nitrogens is 2. The summed E-state index contributed by atoms with van der Waals surface area (Å²) in [7, 11) is 0. The molecule has 1 amide bonds. The van der Waals surface area contributed by atoms with E-state index in [1.807, 2.05) is 41.4 Å². The number of aryl methyl sites for hydroxylation is 1. The monoisotopic (exact) mass is 428 g/mol. The summed E-state index contributed by atoms with van der Waals surface area (Å²) in [6.45, 7) is 2.76. The third kappa shape index (κ3) is 3.00. The number of fused-ring (bicyclic) bond motifs is 5. The van der Waals surface area contributed by atoms with Crippen LogP contribution in [0.2, 0.25) is 0 Å². The average Bonchev–Trinajstić information content (AvgIpc) is 2.84. The third-order valence-corrected chi connectivity index (χ3v) is 6.42. The predicted molar refractivity (Wildman–Crippen MR) is 121 cm³/mol. The number of hydrogen-bond donors (Lipinski definition) is 1. The van der Waals surface area contributed by atoms with E-state index in [0.29, 0.717) is 6.54 Å². The molecule has 2 aliphatic rings. The van der Waals surface area contributed by atoms with Crippen LogP contribution in [-0.2, 0) is 12.0 Å². The molecule has 162 valence electrons. The minimum atomic E-state index is -0.732. The molecule has 2 aromatic heterocycles. The first-order chi connectivity index (χ1) is 15.5. The van der Waals surface area contributed by atoms with Crippen LogP contribution in [0.25, 0.3) is 0 Å². The fourth-order valence-electron chi connectivity index (χ4n) is 4.69. The van der Waals surface area contributed by atoms with E-state index >= 15 is 0 Å². The van der Waals surface area contributed by atoms with Crippen LogP contribution in [0.1, 0.15) is 40.7 Å². The minimum Gasteiger partial charge on any atom is -0.502 e. The average molecular weight is 428 g/mol. The molecule has 0 unspecified atom stereocenters. The molecule has 0 radical (unpaired) electrons. The summed E-state index contributed by atoms with van der Waals surface area (Å²) in [6.07, 6.45) is 8.94. The van der Waals surface area contributed by atoms with Crippen molar-refractivity contribution >= 4 is 5.91 Å². The Morgan fingerprint density at radius 3 is 2.66 bits per heavy atom. The molecule has 1 N–H and O–H groups in total. The summed E-state index contributed by atoms with van der Waals surface area (Å²) in [5, 5.41) is 12.6. The molecule has 2 aliphatic heterocycles. The second kappa shape index (κ2) is 7.67. The molecule has 32 heavy (non-hydrogen) atoms. The van der Waals surface area contributed by atoms with Crippen LogP contribution in [-0.4, -0.2) is 38.8 Å². The minimum absolute atomic E-state index is 0.0241. The molecule has 2 bridgehead atoms. The van der Waals surface area contributed by atoms with E-state index < -0.39 is 16.7 Å². The predicted octanol–water partition coefficient (Wildman–Crippen LogP) is 2.77. The molecular formula is C25H24N4O3. The number of pyridine rings is 2. The lowest BCUT2D eigenvalue weighted by atomic mass is 9.82. The third-order valence-electron chi connectivity index (χ3n) is 6.42. The van der Waals surface area contributed by atoms with E-state index in [0.717, 1.165) is 29.7 Å². The Balaban J connectivity index is 1.85. The van der Waals surface area contributed by atoms with E-state index in [-0.39, 0.29) is 18.3 Å². The smallest absolute Gasteiger partial charge is 0.278 e. The molecule has 5 rings (SSSR count). The molecule has 0 saturated carbocycles. The summed E-state index contributed by atoms with van der Waals surface area (Å²) in [4.78, 5) is 31.9. The number of rotatable bonds is 1. The zero-order valence-electron chi connectivity index (χ0n) is 17.8. The van der Waals surface area contributed by atoms with Crippen LogP contribution >= 0.6 is 0 Å². The highest BCUT2D eigenvalue weighted by Gasteiger charge is 2.44. The van der Waals surface area contributed by atoms with Gasteiger partial charge in [0.05, 0.1) is 0 Å². The van der Waals surface area contributed by atoms with Gasteiger partial charge in [-0.15, -0.1) is 0 Å². The van der Waals surface area contributed by atoms with Gasteiger partial charge in [0, 0.05) is 36.3 Å². The van der Waals surface area contributed by atoms with E-state index in [9.17, 15) is 14.7 Å². The molecule has 7 nitrogen and oxygen atoms in total. The number of allylic oxidation sites excluding steroid dienone is 1. The Morgan fingerprint density at radius 1 is 1.03 bits per heavy atom. The number of carbonyl (C=O) groups is 1. The highest BCUT2D eigenvalue weighted by molar-refractivity contribution is 5.96. The van der Waals surface area contributed by atoms with Crippen molar-refractivity contribution < 1.29 is 9.90 Å². The molecule has 4 heterocycles. The van der Waals surface area contributed by atoms with Gasteiger partial charge >= 0.3 is 0 Å². The van der Waals surface area contributed by atoms with Gasteiger partial charge in [0.2, 0.25) is 5.43 Å². The van der Waals surface area contributed by atoms with E-state index in [1.54, 1.807) is 22.0 Å². The van der Waals surface area contributed by atoms with Crippen LogP contribution in [0.15, 0.2) is 77.9 Å². The zero-order chi connectivity index (χ0) is 22.3. The molecule has 0 aliphatic carbocycles. The Bertz CT molecular complexity index is 1270. The van der Waals surface area contributed by atoms with E-state index in [2.05, 4.69) is 25.1 Å². The summed E-state index contributed by atoms with van der Waals surface area (Å²) in [5.41, 5.74) is 1.67. The van der Waals surface area contributed by atoms with Crippen molar-refractivity contribution in [2.75, 3.05) is 18.2 Å². The van der Waals surface area contributed by atoms with Crippen molar-refractivity contribution in [3.8, 4) is 5.75 Å². The first kappa shape index (κ1) is 20.1. The first-order valence-electron chi connectivity index (χ1n) is 10.7. The van der Waals surface area contributed by atoms with Gasteiger partial charge in [-0.05, 0) is 31.4 Å².